The molecule has 3 heteroatoms. The van der Waals surface area contributed by atoms with Gasteiger partial charge in [-0.25, -0.2) is 0 Å². The average Bonchev–Trinajstić information content (AvgIpc) is 2.27. The summed E-state index contributed by atoms with van der Waals surface area (Å²) < 4.78 is 6.61. The predicted molar refractivity (Wildman–Crippen MR) is 72.2 cm³/mol. The Labute approximate surface area is 106 Å². The van der Waals surface area contributed by atoms with E-state index < -0.39 is 0 Å². The first kappa shape index (κ1) is 12.9. The average molecular weight is 319 g/mol. The van der Waals surface area contributed by atoms with Gasteiger partial charge < -0.3 is 10.1 Å². The predicted octanol–water partition coefficient (Wildman–Crippen LogP) is 2.46. The molecule has 0 radical (unpaired) electrons. The molecule has 0 amide bonds. The molecule has 1 rings (SSSR count). The lowest BCUT2D eigenvalue weighted by molar-refractivity contribution is 0.0857. The number of halogens is 1. The zero-order valence-electron chi connectivity index (χ0n) is 9.46. The molecule has 2 atom stereocenters. The van der Waals surface area contributed by atoms with E-state index in [-0.39, 0.29) is 6.10 Å². The molecule has 0 saturated carbocycles. The highest BCUT2D eigenvalue weighted by Gasteiger charge is 2.14. The molecule has 0 aliphatic heterocycles. The highest BCUT2D eigenvalue weighted by Crippen LogP contribution is 2.11. The van der Waals surface area contributed by atoms with E-state index in [1.807, 2.05) is 7.05 Å². The fraction of sp³-hybridized carbons (Fsp3) is 0.500. The molecule has 0 aromatic heterocycles. The topological polar surface area (TPSA) is 21.3 Å². The molecule has 1 aromatic rings. The van der Waals surface area contributed by atoms with E-state index >= 15 is 0 Å². The smallest absolute Gasteiger partial charge is 0.0699 e. The van der Waals surface area contributed by atoms with Crippen LogP contribution in [-0.2, 0) is 11.2 Å². The van der Waals surface area contributed by atoms with Crippen LogP contribution in [0.2, 0.25) is 0 Å². The second-order valence-electron chi connectivity index (χ2n) is 3.67. The minimum Gasteiger partial charge on any atom is -0.380 e. The number of likely N-dealkylation sites (N-methyl/N-ethyl adjacent to an activating group) is 1. The van der Waals surface area contributed by atoms with Crippen LogP contribution in [0.1, 0.15) is 12.5 Å². The van der Waals surface area contributed by atoms with E-state index in [4.69, 9.17) is 4.74 Å². The fourth-order valence-corrected chi connectivity index (χ4v) is 1.90. The van der Waals surface area contributed by atoms with Crippen LogP contribution in [0.15, 0.2) is 24.3 Å². The van der Waals surface area contributed by atoms with Gasteiger partial charge in [0.15, 0.2) is 0 Å². The molecule has 15 heavy (non-hydrogen) atoms. The van der Waals surface area contributed by atoms with Crippen LogP contribution in [0.3, 0.4) is 0 Å². The first-order chi connectivity index (χ1) is 7.17. The number of rotatable bonds is 5. The first-order valence-corrected chi connectivity index (χ1v) is 6.19. The molecule has 2 nitrogen and oxygen atoms in total. The monoisotopic (exact) mass is 319 g/mol. The van der Waals surface area contributed by atoms with Gasteiger partial charge in [-0.05, 0) is 60.7 Å². The molecule has 0 aliphatic carbocycles. The second-order valence-corrected chi connectivity index (χ2v) is 4.91. The first-order valence-electron chi connectivity index (χ1n) is 5.12. The highest BCUT2D eigenvalue weighted by molar-refractivity contribution is 14.1. The Balaban J connectivity index is 2.62. The van der Waals surface area contributed by atoms with Crippen LogP contribution in [0.5, 0.6) is 0 Å². The van der Waals surface area contributed by atoms with Crippen molar-refractivity contribution in [2.45, 2.75) is 25.5 Å². The molecular formula is C12H18INO. The molecule has 2 unspecified atom stereocenters. The summed E-state index contributed by atoms with van der Waals surface area (Å²) in [5.74, 6) is 0. The number of benzene rings is 1. The largest absolute Gasteiger partial charge is 0.380 e. The minimum absolute atomic E-state index is 0.231. The molecular weight excluding hydrogens is 301 g/mol. The summed E-state index contributed by atoms with van der Waals surface area (Å²) in [6.45, 7) is 2.09. The van der Waals surface area contributed by atoms with Crippen LogP contribution in [0.4, 0.5) is 0 Å². The van der Waals surface area contributed by atoms with Crippen LogP contribution < -0.4 is 5.32 Å². The van der Waals surface area contributed by atoms with Crippen molar-refractivity contribution in [3.63, 3.8) is 0 Å². The Bertz CT molecular complexity index is 286. The summed E-state index contributed by atoms with van der Waals surface area (Å²) in [7, 11) is 3.73. The molecule has 1 aromatic carbocycles. The Kier molecular flexibility index (Phi) is 5.56. The van der Waals surface area contributed by atoms with Crippen molar-refractivity contribution in [1.82, 2.24) is 5.32 Å². The Morgan fingerprint density at radius 2 is 1.93 bits per heavy atom. The standard InChI is InChI=1S/C12H18INO/c1-9(15-3)12(14-2)8-10-4-6-11(13)7-5-10/h4-7,9,12,14H,8H2,1-3H3. The quantitative estimate of drug-likeness (QED) is 0.842. The Hall–Kier alpha value is -0.130. The molecule has 0 spiro atoms. The number of hydrogen-bond donors (Lipinski definition) is 1. The van der Waals surface area contributed by atoms with E-state index in [0.717, 1.165) is 6.42 Å². The minimum atomic E-state index is 0.231. The van der Waals surface area contributed by atoms with Gasteiger partial charge in [0.05, 0.1) is 6.10 Å². The lowest BCUT2D eigenvalue weighted by Crippen LogP contribution is -2.38. The summed E-state index contributed by atoms with van der Waals surface area (Å²) >= 11 is 2.32. The van der Waals surface area contributed by atoms with Crippen LogP contribution in [-0.4, -0.2) is 26.3 Å². The van der Waals surface area contributed by atoms with Crippen LogP contribution in [0.25, 0.3) is 0 Å². The normalized spacial score (nSPS) is 14.9. The maximum absolute atomic E-state index is 5.34. The maximum atomic E-state index is 5.34. The van der Waals surface area contributed by atoms with Gasteiger partial charge in [-0.1, -0.05) is 12.1 Å². The second kappa shape index (κ2) is 6.45. The van der Waals surface area contributed by atoms with E-state index in [1.165, 1.54) is 9.13 Å². The number of hydrogen-bond acceptors (Lipinski definition) is 2. The lowest BCUT2D eigenvalue weighted by atomic mass is 10.0. The lowest BCUT2D eigenvalue weighted by Gasteiger charge is -2.22. The van der Waals surface area contributed by atoms with Gasteiger partial charge in [0.2, 0.25) is 0 Å². The summed E-state index contributed by atoms with van der Waals surface area (Å²) in [6, 6.07) is 9.00. The van der Waals surface area contributed by atoms with Gasteiger partial charge in [0.25, 0.3) is 0 Å². The zero-order chi connectivity index (χ0) is 11.3. The fourth-order valence-electron chi connectivity index (χ4n) is 1.54. The number of ether oxygens (including phenoxy) is 1. The van der Waals surface area contributed by atoms with Crippen LogP contribution >= 0.6 is 22.6 Å². The van der Waals surface area contributed by atoms with Crippen molar-refractivity contribution in [1.29, 1.82) is 0 Å². The molecule has 0 fully saturated rings. The van der Waals surface area contributed by atoms with Gasteiger partial charge >= 0.3 is 0 Å². The zero-order valence-corrected chi connectivity index (χ0v) is 11.6. The van der Waals surface area contributed by atoms with Crippen molar-refractivity contribution in [2.24, 2.45) is 0 Å². The van der Waals surface area contributed by atoms with Gasteiger partial charge in [0.1, 0.15) is 0 Å². The Morgan fingerprint density at radius 3 is 2.40 bits per heavy atom. The van der Waals surface area contributed by atoms with Crippen molar-refractivity contribution >= 4 is 22.6 Å². The van der Waals surface area contributed by atoms with Crippen molar-refractivity contribution < 1.29 is 4.74 Å². The molecule has 84 valence electrons. The third-order valence-electron chi connectivity index (χ3n) is 2.68. The molecule has 0 aliphatic rings. The number of methoxy groups -OCH3 is 1. The summed E-state index contributed by atoms with van der Waals surface area (Å²) in [5.41, 5.74) is 1.35. The van der Waals surface area contributed by atoms with Gasteiger partial charge in [-0.2, -0.15) is 0 Å². The number of nitrogens with one attached hydrogen (secondary N) is 1. The third kappa shape index (κ3) is 4.09. The van der Waals surface area contributed by atoms with E-state index in [0.29, 0.717) is 6.04 Å². The molecule has 0 bridgehead atoms. The third-order valence-corrected chi connectivity index (χ3v) is 3.40. The summed E-state index contributed by atoms with van der Waals surface area (Å²) in [5, 5.41) is 3.29. The van der Waals surface area contributed by atoms with Crippen molar-refractivity contribution in [2.75, 3.05) is 14.2 Å². The summed E-state index contributed by atoms with van der Waals surface area (Å²) in [6.07, 6.45) is 1.23. The highest BCUT2D eigenvalue weighted by atomic mass is 127. The van der Waals surface area contributed by atoms with Crippen LogP contribution in [0, 0.1) is 3.57 Å². The van der Waals surface area contributed by atoms with Gasteiger partial charge in [0, 0.05) is 16.7 Å². The van der Waals surface area contributed by atoms with E-state index in [1.54, 1.807) is 7.11 Å². The molecule has 0 saturated heterocycles. The van der Waals surface area contributed by atoms with E-state index in [9.17, 15) is 0 Å². The summed E-state index contributed by atoms with van der Waals surface area (Å²) in [4.78, 5) is 0. The van der Waals surface area contributed by atoms with Gasteiger partial charge in [-0.3, -0.25) is 0 Å². The van der Waals surface area contributed by atoms with Crippen molar-refractivity contribution in [3.8, 4) is 0 Å². The SMILES string of the molecule is CNC(Cc1ccc(I)cc1)C(C)OC. The Morgan fingerprint density at radius 1 is 1.33 bits per heavy atom. The maximum Gasteiger partial charge on any atom is 0.0699 e. The molecule has 0 heterocycles. The van der Waals surface area contributed by atoms with Gasteiger partial charge in [-0.15, -0.1) is 0 Å². The van der Waals surface area contributed by atoms with E-state index in [2.05, 4.69) is 59.1 Å². The molecule has 1 N–H and O–H groups in total. The van der Waals surface area contributed by atoms with Crippen molar-refractivity contribution in [3.05, 3.63) is 33.4 Å².